The number of methoxy groups -OCH3 is 2. The van der Waals surface area contributed by atoms with Gasteiger partial charge in [-0.2, -0.15) is 5.26 Å². The number of halogens is 1. The molecule has 2 N–H and O–H groups in total. The molecule has 6 nitrogen and oxygen atoms in total. The Morgan fingerprint density at radius 2 is 2.05 bits per heavy atom. The lowest BCUT2D eigenvalue weighted by atomic mass is 10.2. The zero-order chi connectivity index (χ0) is 16.5. The smallest absolute Gasteiger partial charge is 0.263 e. The molecule has 0 spiro atoms. The predicted octanol–water partition coefficient (Wildman–Crippen LogP) is 2.70. The fourth-order valence-corrected chi connectivity index (χ4v) is 1.84. The van der Waals surface area contributed by atoms with Gasteiger partial charge in [0, 0.05) is 24.9 Å². The third-order valence-electron chi connectivity index (χ3n) is 2.75. The van der Waals surface area contributed by atoms with Crippen LogP contribution in [0.25, 0.3) is 0 Å². The average molecular weight is 324 g/mol. The van der Waals surface area contributed by atoms with Crippen LogP contribution in [0.15, 0.2) is 23.9 Å². The van der Waals surface area contributed by atoms with Crippen LogP contribution in [0.1, 0.15) is 13.3 Å². The first-order valence-electron chi connectivity index (χ1n) is 6.63. The number of nitriles is 1. The number of hydrogen-bond donors (Lipinski definition) is 2. The SMILES string of the molecule is CCCNC(=O)/C(C#N)=C\Nc1cc(OC)c(Cl)cc1OC. The summed E-state index contributed by atoms with van der Waals surface area (Å²) < 4.78 is 10.3. The third kappa shape index (κ3) is 4.57. The van der Waals surface area contributed by atoms with Crippen molar-refractivity contribution in [2.24, 2.45) is 0 Å². The molecule has 0 aliphatic carbocycles. The molecule has 0 heterocycles. The summed E-state index contributed by atoms with van der Waals surface area (Å²) in [5, 5.41) is 14.9. The van der Waals surface area contributed by atoms with Crippen LogP contribution in [0.2, 0.25) is 5.02 Å². The average Bonchev–Trinajstić information content (AvgIpc) is 2.53. The fourth-order valence-electron chi connectivity index (χ4n) is 1.61. The van der Waals surface area contributed by atoms with E-state index in [1.54, 1.807) is 12.1 Å². The summed E-state index contributed by atoms with van der Waals surface area (Å²) in [6.45, 7) is 2.44. The van der Waals surface area contributed by atoms with Crippen molar-refractivity contribution in [2.75, 3.05) is 26.1 Å². The van der Waals surface area contributed by atoms with Gasteiger partial charge >= 0.3 is 0 Å². The number of carbonyl (C=O) groups is 1. The maximum absolute atomic E-state index is 11.8. The highest BCUT2D eigenvalue weighted by Gasteiger charge is 2.11. The van der Waals surface area contributed by atoms with Crippen LogP contribution in [0, 0.1) is 11.3 Å². The number of anilines is 1. The van der Waals surface area contributed by atoms with E-state index in [4.69, 9.17) is 26.3 Å². The van der Waals surface area contributed by atoms with E-state index in [-0.39, 0.29) is 5.57 Å². The van der Waals surface area contributed by atoms with Crippen molar-refractivity contribution in [1.29, 1.82) is 5.26 Å². The Kier molecular flexibility index (Phi) is 7.06. The van der Waals surface area contributed by atoms with Crippen LogP contribution in [-0.2, 0) is 4.79 Å². The normalized spacial score (nSPS) is 10.6. The molecule has 1 amide bonds. The number of carbonyl (C=O) groups excluding carboxylic acids is 1. The molecule has 0 saturated heterocycles. The van der Waals surface area contributed by atoms with Gasteiger partial charge in [-0.3, -0.25) is 4.79 Å². The van der Waals surface area contributed by atoms with Gasteiger partial charge in [0.2, 0.25) is 0 Å². The molecule has 0 atom stereocenters. The van der Waals surface area contributed by atoms with Crippen LogP contribution in [-0.4, -0.2) is 26.7 Å². The largest absolute Gasteiger partial charge is 0.495 e. The molecule has 7 heteroatoms. The number of hydrogen-bond acceptors (Lipinski definition) is 5. The van der Waals surface area contributed by atoms with E-state index < -0.39 is 5.91 Å². The maximum Gasteiger partial charge on any atom is 0.263 e. The molecule has 0 bridgehead atoms. The van der Waals surface area contributed by atoms with Gasteiger partial charge in [-0.25, -0.2) is 0 Å². The topological polar surface area (TPSA) is 83.4 Å². The Morgan fingerprint density at radius 1 is 1.36 bits per heavy atom. The van der Waals surface area contributed by atoms with Crippen LogP contribution >= 0.6 is 11.6 Å². The van der Waals surface area contributed by atoms with Crippen LogP contribution in [0.4, 0.5) is 5.69 Å². The Balaban J connectivity index is 3.00. The van der Waals surface area contributed by atoms with Crippen LogP contribution < -0.4 is 20.1 Å². The van der Waals surface area contributed by atoms with Crippen molar-refractivity contribution < 1.29 is 14.3 Å². The van der Waals surface area contributed by atoms with E-state index in [1.807, 2.05) is 13.0 Å². The zero-order valence-corrected chi connectivity index (χ0v) is 13.5. The van der Waals surface area contributed by atoms with Crippen molar-refractivity contribution in [2.45, 2.75) is 13.3 Å². The highest BCUT2D eigenvalue weighted by atomic mass is 35.5. The van der Waals surface area contributed by atoms with Crippen LogP contribution in [0.5, 0.6) is 11.5 Å². The van der Waals surface area contributed by atoms with Crippen molar-refractivity contribution >= 4 is 23.2 Å². The van der Waals surface area contributed by atoms with Crippen molar-refractivity contribution in [3.05, 3.63) is 28.9 Å². The van der Waals surface area contributed by atoms with Crippen molar-refractivity contribution in [1.82, 2.24) is 5.32 Å². The molecule has 0 radical (unpaired) electrons. The molecule has 118 valence electrons. The minimum absolute atomic E-state index is 0.0376. The first-order valence-corrected chi connectivity index (χ1v) is 7.01. The van der Waals surface area contributed by atoms with Gasteiger partial charge in [-0.05, 0) is 6.42 Å². The summed E-state index contributed by atoms with van der Waals surface area (Å²) in [6.07, 6.45) is 2.11. The fraction of sp³-hybridized carbons (Fsp3) is 0.333. The van der Waals surface area contributed by atoms with E-state index in [9.17, 15) is 4.79 Å². The second-order valence-electron chi connectivity index (χ2n) is 4.26. The second-order valence-corrected chi connectivity index (χ2v) is 4.66. The summed E-state index contributed by atoms with van der Waals surface area (Å²) >= 11 is 6.01. The van der Waals surface area contributed by atoms with Gasteiger partial charge in [-0.15, -0.1) is 0 Å². The van der Waals surface area contributed by atoms with Gasteiger partial charge in [0.1, 0.15) is 23.1 Å². The molecule has 0 aliphatic rings. The number of ether oxygens (including phenoxy) is 2. The lowest BCUT2D eigenvalue weighted by Crippen LogP contribution is -2.25. The number of rotatable bonds is 7. The standard InChI is InChI=1S/C15H18ClN3O3/c1-4-5-18-15(20)10(8-17)9-19-12-7-13(21-2)11(16)6-14(12)22-3/h6-7,9,19H,4-5H2,1-3H3,(H,18,20)/b10-9-. The van der Waals surface area contributed by atoms with Crippen LogP contribution in [0.3, 0.4) is 0 Å². The van der Waals surface area contributed by atoms with Gasteiger partial charge in [-0.1, -0.05) is 18.5 Å². The predicted molar refractivity (Wildman–Crippen MR) is 85.2 cm³/mol. The zero-order valence-electron chi connectivity index (χ0n) is 12.7. The first-order chi connectivity index (χ1) is 10.6. The Labute approximate surface area is 134 Å². The number of nitrogens with one attached hydrogen (secondary N) is 2. The quantitative estimate of drug-likeness (QED) is 0.595. The Bertz CT molecular complexity index is 609. The molecule has 0 unspecified atom stereocenters. The summed E-state index contributed by atoms with van der Waals surface area (Å²) in [7, 11) is 2.98. The Hall–Kier alpha value is -2.39. The highest BCUT2D eigenvalue weighted by Crippen LogP contribution is 2.35. The molecule has 0 fully saturated rings. The first kappa shape index (κ1) is 17.7. The molecule has 0 saturated carbocycles. The third-order valence-corrected chi connectivity index (χ3v) is 3.04. The van der Waals surface area contributed by atoms with Gasteiger partial charge in [0.25, 0.3) is 5.91 Å². The lowest BCUT2D eigenvalue weighted by molar-refractivity contribution is -0.117. The molecular weight excluding hydrogens is 306 g/mol. The Morgan fingerprint density at radius 3 is 2.59 bits per heavy atom. The highest BCUT2D eigenvalue weighted by molar-refractivity contribution is 6.32. The van der Waals surface area contributed by atoms with E-state index >= 15 is 0 Å². The van der Waals surface area contributed by atoms with Gasteiger partial charge in [0.05, 0.1) is 24.9 Å². The molecule has 22 heavy (non-hydrogen) atoms. The molecule has 0 aromatic heterocycles. The summed E-state index contributed by atoms with van der Waals surface area (Å²) in [5.74, 6) is 0.484. The molecular formula is C15H18ClN3O3. The molecule has 1 aromatic rings. The van der Waals surface area contributed by atoms with Gasteiger partial charge in [0.15, 0.2) is 0 Å². The summed E-state index contributed by atoms with van der Waals surface area (Å²) in [6, 6.07) is 5.05. The number of amides is 1. The minimum Gasteiger partial charge on any atom is -0.495 e. The molecule has 0 aliphatic heterocycles. The van der Waals surface area contributed by atoms with E-state index in [0.717, 1.165) is 6.42 Å². The van der Waals surface area contributed by atoms with E-state index in [1.165, 1.54) is 20.4 Å². The monoisotopic (exact) mass is 323 g/mol. The van der Waals surface area contributed by atoms with E-state index in [0.29, 0.717) is 28.8 Å². The van der Waals surface area contributed by atoms with Gasteiger partial charge < -0.3 is 20.1 Å². The van der Waals surface area contributed by atoms with E-state index in [2.05, 4.69) is 10.6 Å². The lowest BCUT2D eigenvalue weighted by Gasteiger charge is -2.12. The minimum atomic E-state index is -0.434. The summed E-state index contributed by atoms with van der Waals surface area (Å²) in [4.78, 5) is 11.8. The van der Waals surface area contributed by atoms with Crippen molar-refractivity contribution in [3.8, 4) is 17.6 Å². The maximum atomic E-state index is 11.8. The number of nitrogens with zero attached hydrogens (tertiary/aromatic N) is 1. The second kappa shape index (κ2) is 8.80. The summed E-state index contributed by atoms with van der Waals surface area (Å²) in [5.41, 5.74) is 0.490. The molecule has 1 rings (SSSR count). The number of benzene rings is 1. The van der Waals surface area contributed by atoms with Crippen molar-refractivity contribution in [3.63, 3.8) is 0 Å². The molecule has 1 aromatic carbocycles.